The van der Waals surface area contributed by atoms with Crippen LogP contribution in [0.1, 0.15) is 31.9 Å². The van der Waals surface area contributed by atoms with Gasteiger partial charge in [-0.2, -0.15) is 0 Å². The van der Waals surface area contributed by atoms with Crippen LogP contribution in [0.3, 0.4) is 0 Å². The average Bonchev–Trinajstić information content (AvgIpc) is 2.36. The lowest BCUT2D eigenvalue weighted by Gasteiger charge is -2.16. The molecule has 1 rings (SSSR count). The van der Waals surface area contributed by atoms with Crippen molar-refractivity contribution in [3.05, 3.63) is 30.1 Å². The van der Waals surface area contributed by atoms with Crippen LogP contribution in [0.5, 0.6) is 0 Å². The standard InChI is InChI=1S/C13H19N3O3/c1-9(6-12(17)18)7-15-13(19)16-10(2)11-4-3-5-14-8-11/h3-5,8-10H,6-7H2,1-2H3,(H,17,18)(H2,15,16,19). The van der Waals surface area contributed by atoms with Crippen molar-refractivity contribution in [2.75, 3.05) is 6.54 Å². The summed E-state index contributed by atoms with van der Waals surface area (Å²) in [5.74, 6) is -0.963. The largest absolute Gasteiger partial charge is 0.481 e. The monoisotopic (exact) mass is 265 g/mol. The predicted octanol–water partition coefficient (Wildman–Crippen LogP) is 1.55. The maximum absolute atomic E-state index is 11.6. The third kappa shape index (κ3) is 5.85. The Labute approximate surface area is 112 Å². The summed E-state index contributed by atoms with van der Waals surface area (Å²) in [6.45, 7) is 3.97. The Hall–Kier alpha value is -2.11. The number of hydrogen-bond acceptors (Lipinski definition) is 3. The van der Waals surface area contributed by atoms with Crippen LogP contribution in [0, 0.1) is 5.92 Å². The average molecular weight is 265 g/mol. The Balaban J connectivity index is 2.33. The molecule has 19 heavy (non-hydrogen) atoms. The Morgan fingerprint density at radius 3 is 2.74 bits per heavy atom. The van der Waals surface area contributed by atoms with E-state index in [1.54, 1.807) is 25.4 Å². The zero-order valence-electron chi connectivity index (χ0n) is 11.1. The molecule has 0 aliphatic carbocycles. The van der Waals surface area contributed by atoms with E-state index in [1.165, 1.54) is 0 Å². The molecular formula is C13H19N3O3. The second kappa shape index (κ2) is 7.35. The maximum Gasteiger partial charge on any atom is 0.315 e. The molecule has 0 spiro atoms. The molecule has 3 N–H and O–H groups in total. The van der Waals surface area contributed by atoms with Crippen molar-refractivity contribution in [2.24, 2.45) is 5.92 Å². The van der Waals surface area contributed by atoms with Crippen molar-refractivity contribution in [3.63, 3.8) is 0 Å². The Bertz CT molecular complexity index is 422. The predicted molar refractivity (Wildman–Crippen MR) is 70.6 cm³/mol. The number of carbonyl (C=O) groups excluding carboxylic acids is 1. The zero-order valence-corrected chi connectivity index (χ0v) is 11.1. The molecule has 6 nitrogen and oxygen atoms in total. The molecular weight excluding hydrogens is 246 g/mol. The van der Waals surface area contributed by atoms with E-state index in [0.717, 1.165) is 5.56 Å². The number of carbonyl (C=O) groups is 2. The number of pyridine rings is 1. The first-order chi connectivity index (χ1) is 8.99. The van der Waals surface area contributed by atoms with Gasteiger partial charge in [-0.3, -0.25) is 9.78 Å². The zero-order chi connectivity index (χ0) is 14.3. The number of urea groups is 1. The number of nitrogens with zero attached hydrogens (tertiary/aromatic N) is 1. The number of hydrogen-bond donors (Lipinski definition) is 3. The Morgan fingerprint density at radius 2 is 2.16 bits per heavy atom. The molecule has 0 fully saturated rings. The highest BCUT2D eigenvalue weighted by Crippen LogP contribution is 2.09. The van der Waals surface area contributed by atoms with Crippen LogP contribution in [0.25, 0.3) is 0 Å². The summed E-state index contributed by atoms with van der Waals surface area (Å²) >= 11 is 0. The third-order valence-corrected chi connectivity index (χ3v) is 2.67. The minimum Gasteiger partial charge on any atom is -0.481 e. The number of aliphatic carboxylic acids is 1. The summed E-state index contributed by atoms with van der Waals surface area (Å²) in [6, 6.07) is 3.22. The van der Waals surface area contributed by atoms with Gasteiger partial charge in [0.15, 0.2) is 0 Å². The highest BCUT2D eigenvalue weighted by molar-refractivity contribution is 5.74. The van der Waals surface area contributed by atoms with Crippen molar-refractivity contribution in [3.8, 4) is 0 Å². The second-order valence-electron chi connectivity index (χ2n) is 4.57. The van der Waals surface area contributed by atoms with Crippen molar-refractivity contribution in [2.45, 2.75) is 26.3 Å². The first kappa shape index (κ1) is 14.9. The lowest BCUT2D eigenvalue weighted by Crippen LogP contribution is -2.39. The normalized spacial score (nSPS) is 13.4. The van der Waals surface area contributed by atoms with E-state index in [9.17, 15) is 9.59 Å². The first-order valence-electron chi connectivity index (χ1n) is 6.15. The molecule has 0 bridgehead atoms. The number of nitrogens with one attached hydrogen (secondary N) is 2. The number of carboxylic acid groups (broad SMARTS) is 1. The molecule has 1 aromatic rings. The summed E-state index contributed by atoms with van der Waals surface area (Å²) in [5, 5.41) is 14.0. The van der Waals surface area contributed by atoms with Gasteiger partial charge in [0.05, 0.1) is 6.04 Å². The van der Waals surface area contributed by atoms with Crippen LogP contribution in [-0.2, 0) is 4.79 Å². The van der Waals surface area contributed by atoms with Crippen molar-refractivity contribution >= 4 is 12.0 Å². The van der Waals surface area contributed by atoms with Gasteiger partial charge in [-0.25, -0.2) is 4.79 Å². The van der Waals surface area contributed by atoms with Gasteiger partial charge in [0.1, 0.15) is 0 Å². The minimum absolute atomic E-state index is 0.0401. The fraction of sp³-hybridized carbons (Fsp3) is 0.462. The van der Waals surface area contributed by atoms with Crippen LogP contribution >= 0.6 is 0 Å². The van der Waals surface area contributed by atoms with E-state index < -0.39 is 5.97 Å². The lowest BCUT2D eigenvalue weighted by atomic mass is 10.1. The van der Waals surface area contributed by atoms with Crippen LogP contribution < -0.4 is 10.6 Å². The van der Waals surface area contributed by atoms with Crippen molar-refractivity contribution in [1.29, 1.82) is 0 Å². The molecule has 0 aliphatic heterocycles. The van der Waals surface area contributed by atoms with Gasteiger partial charge in [-0.05, 0) is 24.5 Å². The molecule has 0 radical (unpaired) electrons. The minimum atomic E-state index is -0.863. The topological polar surface area (TPSA) is 91.3 Å². The van der Waals surface area contributed by atoms with Crippen molar-refractivity contribution < 1.29 is 14.7 Å². The second-order valence-corrected chi connectivity index (χ2v) is 4.57. The van der Waals surface area contributed by atoms with E-state index in [2.05, 4.69) is 15.6 Å². The van der Waals surface area contributed by atoms with Crippen LogP contribution in [0.2, 0.25) is 0 Å². The fourth-order valence-electron chi connectivity index (χ4n) is 1.60. The lowest BCUT2D eigenvalue weighted by molar-refractivity contribution is -0.137. The van der Waals surface area contributed by atoms with Gasteiger partial charge in [-0.1, -0.05) is 13.0 Å². The summed E-state index contributed by atoms with van der Waals surface area (Å²) in [5.41, 5.74) is 0.913. The van der Waals surface area contributed by atoms with Crippen LogP contribution in [-0.4, -0.2) is 28.6 Å². The summed E-state index contributed by atoms with van der Waals surface area (Å²) in [6.07, 6.45) is 3.40. The Kier molecular flexibility index (Phi) is 5.78. The van der Waals surface area contributed by atoms with E-state index in [-0.39, 0.29) is 24.4 Å². The molecule has 6 heteroatoms. The molecule has 104 valence electrons. The first-order valence-corrected chi connectivity index (χ1v) is 6.15. The highest BCUT2D eigenvalue weighted by Gasteiger charge is 2.11. The van der Waals surface area contributed by atoms with Gasteiger partial charge in [0.25, 0.3) is 0 Å². The number of amides is 2. The fourth-order valence-corrected chi connectivity index (χ4v) is 1.60. The maximum atomic E-state index is 11.6. The molecule has 2 atom stereocenters. The summed E-state index contributed by atoms with van der Waals surface area (Å²) in [4.78, 5) is 26.1. The summed E-state index contributed by atoms with van der Waals surface area (Å²) in [7, 11) is 0. The summed E-state index contributed by atoms with van der Waals surface area (Å²) < 4.78 is 0. The molecule has 0 saturated heterocycles. The van der Waals surface area contributed by atoms with Crippen LogP contribution in [0.15, 0.2) is 24.5 Å². The smallest absolute Gasteiger partial charge is 0.315 e. The van der Waals surface area contributed by atoms with Gasteiger partial charge in [0, 0.05) is 25.4 Å². The van der Waals surface area contributed by atoms with E-state index in [0.29, 0.717) is 6.54 Å². The number of rotatable bonds is 6. The van der Waals surface area contributed by atoms with Gasteiger partial charge in [-0.15, -0.1) is 0 Å². The molecule has 0 aromatic carbocycles. The van der Waals surface area contributed by atoms with E-state index >= 15 is 0 Å². The molecule has 1 heterocycles. The number of aromatic nitrogens is 1. The highest BCUT2D eigenvalue weighted by atomic mass is 16.4. The van der Waals surface area contributed by atoms with Crippen LogP contribution in [0.4, 0.5) is 4.79 Å². The molecule has 2 amide bonds. The van der Waals surface area contributed by atoms with Crippen molar-refractivity contribution in [1.82, 2.24) is 15.6 Å². The Morgan fingerprint density at radius 1 is 1.42 bits per heavy atom. The van der Waals surface area contributed by atoms with Gasteiger partial charge in [0.2, 0.25) is 0 Å². The third-order valence-electron chi connectivity index (χ3n) is 2.67. The van der Waals surface area contributed by atoms with Gasteiger partial charge >= 0.3 is 12.0 Å². The molecule has 1 aromatic heterocycles. The SMILES string of the molecule is CC(CNC(=O)NC(C)c1cccnc1)CC(=O)O. The molecule has 2 unspecified atom stereocenters. The number of carboxylic acids is 1. The van der Waals surface area contributed by atoms with E-state index in [4.69, 9.17) is 5.11 Å². The van der Waals surface area contributed by atoms with E-state index in [1.807, 2.05) is 13.0 Å². The molecule has 0 aliphatic rings. The van der Waals surface area contributed by atoms with Gasteiger partial charge < -0.3 is 15.7 Å². The quantitative estimate of drug-likeness (QED) is 0.727. The molecule has 0 saturated carbocycles.